The second-order valence-corrected chi connectivity index (χ2v) is 7.57. The van der Waals surface area contributed by atoms with Gasteiger partial charge in [0, 0.05) is 23.1 Å². The molecule has 3 N–H and O–H groups in total. The van der Waals surface area contributed by atoms with Crippen LogP contribution in [0.3, 0.4) is 0 Å². The average molecular weight is 306 g/mol. The smallest absolute Gasteiger partial charge is 0.252 e. The van der Waals surface area contributed by atoms with Crippen molar-refractivity contribution in [3.63, 3.8) is 0 Å². The molecule has 3 nitrogen and oxygen atoms in total. The van der Waals surface area contributed by atoms with Crippen LogP contribution in [-0.2, 0) is 12.8 Å². The van der Waals surface area contributed by atoms with Gasteiger partial charge < -0.3 is 11.1 Å². The molecule has 2 saturated carbocycles. The first kappa shape index (κ1) is 13.6. The van der Waals surface area contributed by atoms with Gasteiger partial charge in [-0.05, 0) is 60.1 Å². The minimum atomic E-state index is 0.0729. The van der Waals surface area contributed by atoms with E-state index in [4.69, 9.17) is 5.73 Å². The highest BCUT2D eigenvalue weighted by Crippen LogP contribution is 2.55. The van der Waals surface area contributed by atoms with Crippen LogP contribution < -0.4 is 11.1 Å². The van der Waals surface area contributed by atoms with Gasteiger partial charge >= 0.3 is 0 Å². The lowest BCUT2D eigenvalue weighted by Gasteiger charge is -2.60. The SMILES string of the molecule is NC1CC(NC(=O)c2ccc3c4c(cccc24)CC3)C12CCC2. The number of amides is 1. The van der Waals surface area contributed by atoms with E-state index in [1.165, 1.54) is 35.8 Å². The third-order valence-electron chi connectivity index (χ3n) is 6.63. The molecule has 0 aromatic heterocycles. The van der Waals surface area contributed by atoms with Crippen molar-refractivity contribution >= 4 is 16.7 Å². The van der Waals surface area contributed by atoms with Crippen LogP contribution in [0.4, 0.5) is 0 Å². The van der Waals surface area contributed by atoms with E-state index in [1.54, 1.807) is 0 Å². The van der Waals surface area contributed by atoms with Crippen molar-refractivity contribution in [1.82, 2.24) is 5.32 Å². The molecular formula is C20H22N2O. The molecule has 3 aliphatic rings. The molecule has 2 aromatic rings. The zero-order chi connectivity index (χ0) is 15.6. The fourth-order valence-electron chi connectivity index (χ4n) is 5.01. The Balaban J connectivity index is 1.48. The highest BCUT2D eigenvalue weighted by Gasteiger charge is 2.57. The van der Waals surface area contributed by atoms with Crippen molar-refractivity contribution < 1.29 is 4.79 Å². The molecule has 0 saturated heterocycles. The van der Waals surface area contributed by atoms with E-state index in [-0.39, 0.29) is 23.4 Å². The fourth-order valence-corrected chi connectivity index (χ4v) is 5.01. The van der Waals surface area contributed by atoms with Gasteiger partial charge in [0.25, 0.3) is 5.91 Å². The maximum Gasteiger partial charge on any atom is 0.252 e. The first-order chi connectivity index (χ1) is 11.2. The number of hydrogen-bond acceptors (Lipinski definition) is 2. The summed E-state index contributed by atoms with van der Waals surface area (Å²) in [4.78, 5) is 12.9. The van der Waals surface area contributed by atoms with Gasteiger partial charge in [-0.3, -0.25) is 4.79 Å². The Bertz CT molecular complexity index is 811. The molecule has 0 bridgehead atoms. The monoisotopic (exact) mass is 306 g/mol. The largest absolute Gasteiger partial charge is 0.349 e. The number of aryl methyl sites for hydroxylation is 2. The summed E-state index contributed by atoms with van der Waals surface area (Å²) in [7, 11) is 0. The number of nitrogens with one attached hydrogen (secondary N) is 1. The summed E-state index contributed by atoms with van der Waals surface area (Å²) < 4.78 is 0. The molecule has 3 heteroatoms. The van der Waals surface area contributed by atoms with Crippen molar-refractivity contribution in [1.29, 1.82) is 0 Å². The van der Waals surface area contributed by atoms with Crippen LogP contribution in [-0.4, -0.2) is 18.0 Å². The van der Waals surface area contributed by atoms with Crippen LogP contribution in [0.2, 0.25) is 0 Å². The molecular weight excluding hydrogens is 284 g/mol. The summed E-state index contributed by atoms with van der Waals surface area (Å²) in [6, 6.07) is 11.0. The van der Waals surface area contributed by atoms with Crippen molar-refractivity contribution in [2.24, 2.45) is 11.1 Å². The molecule has 118 valence electrons. The summed E-state index contributed by atoms with van der Waals surface area (Å²) in [6.45, 7) is 0. The number of rotatable bonds is 2. The first-order valence-corrected chi connectivity index (χ1v) is 8.79. The van der Waals surface area contributed by atoms with Crippen LogP contribution >= 0.6 is 0 Å². The van der Waals surface area contributed by atoms with E-state index in [1.807, 2.05) is 6.07 Å². The number of nitrogens with two attached hydrogens (primary N) is 1. The minimum Gasteiger partial charge on any atom is -0.349 e. The number of benzene rings is 2. The molecule has 2 unspecified atom stereocenters. The zero-order valence-corrected chi connectivity index (χ0v) is 13.3. The summed E-state index contributed by atoms with van der Waals surface area (Å²) in [6.07, 6.45) is 6.70. The fraction of sp³-hybridized carbons (Fsp3) is 0.450. The first-order valence-electron chi connectivity index (χ1n) is 8.79. The molecule has 2 fully saturated rings. The second-order valence-electron chi connectivity index (χ2n) is 7.57. The summed E-state index contributed by atoms with van der Waals surface area (Å²) in [5, 5.41) is 5.71. The van der Waals surface area contributed by atoms with Gasteiger partial charge in [0.1, 0.15) is 0 Å². The van der Waals surface area contributed by atoms with Crippen molar-refractivity contribution in [3.05, 3.63) is 47.0 Å². The van der Waals surface area contributed by atoms with Crippen LogP contribution in [0.1, 0.15) is 47.2 Å². The van der Waals surface area contributed by atoms with Gasteiger partial charge in [-0.2, -0.15) is 0 Å². The lowest BCUT2D eigenvalue weighted by molar-refractivity contribution is -0.0389. The highest BCUT2D eigenvalue weighted by atomic mass is 16.1. The van der Waals surface area contributed by atoms with Crippen molar-refractivity contribution in [2.75, 3.05) is 0 Å². The Hall–Kier alpha value is -1.87. The molecule has 0 radical (unpaired) electrons. The zero-order valence-electron chi connectivity index (χ0n) is 13.3. The molecule has 0 aliphatic heterocycles. The lowest BCUT2D eigenvalue weighted by atomic mass is 9.50. The Morgan fingerprint density at radius 2 is 1.91 bits per heavy atom. The van der Waals surface area contributed by atoms with E-state index >= 15 is 0 Å². The maximum atomic E-state index is 12.9. The Labute approximate surface area is 136 Å². The quantitative estimate of drug-likeness (QED) is 0.896. The normalized spacial score (nSPS) is 26.8. The number of carbonyl (C=O) groups excluding carboxylic acids is 1. The Kier molecular flexibility index (Phi) is 2.70. The van der Waals surface area contributed by atoms with E-state index in [9.17, 15) is 4.79 Å². The standard InChI is InChI=1S/C20H22N2O/c21-16-11-17(20(16)9-2-10-20)22-19(23)15-8-7-13-6-5-12-3-1-4-14(15)18(12)13/h1,3-4,7-8,16-17H,2,5-6,9-11,21H2,(H,22,23). The van der Waals surface area contributed by atoms with E-state index in [0.717, 1.165) is 30.2 Å². The van der Waals surface area contributed by atoms with Crippen LogP contribution in [0.25, 0.3) is 10.8 Å². The molecule has 2 aromatic carbocycles. The van der Waals surface area contributed by atoms with E-state index in [2.05, 4.69) is 29.6 Å². The molecule has 1 spiro atoms. The van der Waals surface area contributed by atoms with E-state index < -0.39 is 0 Å². The molecule has 2 atom stereocenters. The molecule has 1 amide bonds. The highest BCUT2D eigenvalue weighted by molar-refractivity contribution is 6.09. The topological polar surface area (TPSA) is 55.1 Å². The van der Waals surface area contributed by atoms with Gasteiger partial charge in [-0.25, -0.2) is 0 Å². The van der Waals surface area contributed by atoms with Gasteiger partial charge in [-0.1, -0.05) is 30.7 Å². The Morgan fingerprint density at radius 3 is 2.61 bits per heavy atom. The average Bonchev–Trinajstić information content (AvgIpc) is 2.90. The summed E-state index contributed by atoms with van der Waals surface area (Å²) >= 11 is 0. The van der Waals surface area contributed by atoms with Gasteiger partial charge in [-0.15, -0.1) is 0 Å². The van der Waals surface area contributed by atoms with Crippen LogP contribution in [0, 0.1) is 5.41 Å². The van der Waals surface area contributed by atoms with Gasteiger partial charge in [0.2, 0.25) is 0 Å². The van der Waals surface area contributed by atoms with Crippen molar-refractivity contribution in [3.8, 4) is 0 Å². The van der Waals surface area contributed by atoms with E-state index in [0.29, 0.717) is 0 Å². The van der Waals surface area contributed by atoms with Crippen molar-refractivity contribution in [2.45, 2.75) is 50.6 Å². The summed E-state index contributed by atoms with van der Waals surface area (Å²) in [5.41, 5.74) is 10.00. The molecule has 23 heavy (non-hydrogen) atoms. The maximum absolute atomic E-state index is 12.9. The molecule has 5 rings (SSSR count). The predicted molar refractivity (Wildman–Crippen MR) is 91.5 cm³/mol. The molecule has 3 aliphatic carbocycles. The lowest BCUT2D eigenvalue weighted by Crippen LogP contribution is -2.69. The molecule has 0 heterocycles. The van der Waals surface area contributed by atoms with Gasteiger partial charge in [0.15, 0.2) is 0 Å². The third-order valence-corrected chi connectivity index (χ3v) is 6.63. The van der Waals surface area contributed by atoms with Crippen LogP contribution in [0.15, 0.2) is 30.3 Å². The Morgan fingerprint density at radius 1 is 1.13 bits per heavy atom. The predicted octanol–water partition coefficient (Wildman–Crippen LogP) is 2.94. The minimum absolute atomic E-state index is 0.0729. The van der Waals surface area contributed by atoms with Crippen LogP contribution in [0.5, 0.6) is 0 Å². The number of carbonyl (C=O) groups is 1. The van der Waals surface area contributed by atoms with Gasteiger partial charge in [0.05, 0.1) is 0 Å². The number of hydrogen-bond donors (Lipinski definition) is 2. The second kappa shape index (κ2) is 4.57. The summed E-state index contributed by atoms with van der Waals surface area (Å²) in [5.74, 6) is 0.0729. The third kappa shape index (κ3) is 1.71.